The third-order valence-electron chi connectivity index (χ3n) is 5.45. The van der Waals surface area contributed by atoms with Crippen molar-refractivity contribution in [2.45, 2.75) is 45.8 Å². The third kappa shape index (κ3) is 6.83. The number of aromatic nitrogens is 2. The van der Waals surface area contributed by atoms with Gasteiger partial charge in [-0.1, -0.05) is 41.0 Å². The summed E-state index contributed by atoms with van der Waals surface area (Å²) < 4.78 is 7.43. The molecule has 1 heterocycles. The largest absolute Gasteiger partial charge is 0.489 e. The van der Waals surface area contributed by atoms with Gasteiger partial charge in [-0.2, -0.15) is 0 Å². The van der Waals surface area contributed by atoms with Crippen molar-refractivity contribution in [2.24, 2.45) is 12.2 Å². The number of aliphatic hydroxyl groups excluding tert-OH is 1. The number of benzene rings is 2. The van der Waals surface area contributed by atoms with Gasteiger partial charge in [-0.3, -0.25) is 4.79 Å². The van der Waals surface area contributed by atoms with Crippen LogP contribution in [0.15, 0.2) is 53.8 Å². The van der Waals surface area contributed by atoms with Crippen LogP contribution in [-0.4, -0.2) is 50.2 Å². The molecule has 0 saturated heterocycles. The highest BCUT2D eigenvalue weighted by atomic mass is 35.5. The highest BCUT2D eigenvalue weighted by Gasteiger charge is 2.17. The summed E-state index contributed by atoms with van der Waals surface area (Å²) in [6, 6.07) is 12.6. The van der Waals surface area contributed by atoms with E-state index >= 15 is 0 Å². The second kappa shape index (κ2) is 11.9. The molecule has 0 bridgehead atoms. The first kappa shape index (κ1) is 26.2. The van der Waals surface area contributed by atoms with Crippen LogP contribution in [0.25, 0.3) is 11.3 Å². The Balaban J connectivity index is 1.69. The fourth-order valence-corrected chi connectivity index (χ4v) is 3.95. The lowest BCUT2D eigenvalue weighted by molar-refractivity contribution is 0.0930. The fraction of sp³-hybridized carbons (Fsp3) is 0.346. The molecule has 1 atom stereocenters. The molecule has 0 aliphatic carbocycles. The molecule has 0 radical (unpaired) electrons. The van der Waals surface area contributed by atoms with Crippen LogP contribution >= 0.6 is 11.6 Å². The van der Waals surface area contributed by atoms with Crippen molar-refractivity contribution in [1.82, 2.24) is 14.9 Å². The van der Waals surface area contributed by atoms with Crippen LogP contribution in [0.5, 0.6) is 5.75 Å². The highest BCUT2D eigenvalue weighted by molar-refractivity contribution is 6.32. The molecular weight excluding hydrogens is 468 g/mol. The number of amides is 1. The smallest absolute Gasteiger partial charge is 0.251 e. The summed E-state index contributed by atoms with van der Waals surface area (Å²) in [7, 11) is 1.84. The molecule has 1 aromatic heterocycles. The SMILES string of the molecule is C/C(=N\O)c1nc(-c2ccc(CC(CCO)NC(=O)c3ccc(OC(C)C)c(Cl)c3)cc2)cn1C. The predicted molar refractivity (Wildman–Crippen MR) is 137 cm³/mol. The Hall–Kier alpha value is -3.36. The van der Waals surface area contributed by atoms with Crippen LogP contribution in [0.1, 0.15) is 48.9 Å². The van der Waals surface area contributed by atoms with Crippen molar-refractivity contribution >= 4 is 23.2 Å². The Morgan fingerprint density at radius 3 is 2.54 bits per heavy atom. The van der Waals surface area contributed by atoms with Crippen LogP contribution in [0, 0.1) is 0 Å². The lowest BCUT2D eigenvalue weighted by atomic mass is 10.0. The molecule has 2 aromatic carbocycles. The van der Waals surface area contributed by atoms with Crippen LogP contribution in [-0.2, 0) is 13.5 Å². The van der Waals surface area contributed by atoms with Crippen LogP contribution in [0.4, 0.5) is 0 Å². The summed E-state index contributed by atoms with van der Waals surface area (Å²) in [5.74, 6) is 0.852. The molecule has 0 aliphatic heterocycles. The number of hydrogen-bond acceptors (Lipinski definition) is 6. The van der Waals surface area contributed by atoms with Crippen LogP contribution < -0.4 is 10.1 Å². The summed E-state index contributed by atoms with van der Waals surface area (Å²) in [4.78, 5) is 17.4. The molecule has 0 fully saturated rings. The molecule has 3 aromatic rings. The van der Waals surface area contributed by atoms with Crippen LogP contribution in [0.3, 0.4) is 0 Å². The Bertz CT molecular complexity index is 1190. The minimum absolute atomic E-state index is 0.0225. The van der Waals surface area contributed by atoms with Crippen molar-refractivity contribution in [3.8, 4) is 17.0 Å². The van der Waals surface area contributed by atoms with E-state index in [9.17, 15) is 9.90 Å². The van der Waals surface area contributed by atoms with E-state index in [0.717, 1.165) is 16.8 Å². The minimum atomic E-state index is -0.264. The molecule has 0 spiro atoms. The van der Waals surface area contributed by atoms with Gasteiger partial charge in [0.2, 0.25) is 0 Å². The summed E-state index contributed by atoms with van der Waals surface area (Å²) in [5, 5.41) is 25.1. The fourth-order valence-electron chi connectivity index (χ4n) is 3.72. The van der Waals surface area contributed by atoms with Gasteiger partial charge in [-0.25, -0.2) is 4.98 Å². The predicted octanol–water partition coefficient (Wildman–Crippen LogP) is 4.45. The van der Waals surface area contributed by atoms with E-state index in [1.54, 1.807) is 29.7 Å². The van der Waals surface area contributed by atoms with E-state index in [1.807, 2.05) is 51.4 Å². The van der Waals surface area contributed by atoms with Gasteiger partial charge in [-0.15, -0.1) is 0 Å². The second-order valence-electron chi connectivity index (χ2n) is 8.64. The molecule has 3 rings (SSSR count). The molecule has 35 heavy (non-hydrogen) atoms. The Morgan fingerprint density at radius 2 is 1.94 bits per heavy atom. The number of nitrogens with one attached hydrogen (secondary N) is 1. The maximum Gasteiger partial charge on any atom is 0.251 e. The van der Waals surface area contributed by atoms with Crippen molar-refractivity contribution in [3.63, 3.8) is 0 Å². The molecule has 8 nitrogen and oxygen atoms in total. The topological polar surface area (TPSA) is 109 Å². The van der Waals surface area contributed by atoms with Gasteiger partial charge in [0.25, 0.3) is 5.91 Å². The molecule has 9 heteroatoms. The van der Waals surface area contributed by atoms with Gasteiger partial charge in [0.15, 0.2) is 5.82 Å². The quantitative estimate of drug-likeness (QED) is 0.217. The molecular formula is C26H31ClN4O4. The number of carbonyl (C=O) groups is 1. The first-order valence-corrected chi connectivity index (χ1v) is 11.8. The number of halogens is 1. The summed E-state index contributed by atoms with van der Waals surface area (Å²) in [6.07, 6.45) is 2.82. The standard InChI is InChI=1S/C26H31ClN4O4/c1-16(2)35-24-10-9-20(14-22(24)27)26(33)28-21(11-12-32)13-18-5-7-19(8-6-18)23-15-31(4)25(29-23)17(3)30-34/h5-10,14-16,21,32,34H,11-13H2,1-4H3,(H,28,33)/b30-17+. The van der Waals surface area contributed by atoms with Gasteiger partial charge in [0, 0.05) is 37.0 Å². The van der Waals surface area contributed by atoms with Crippen molar-refractivity contribution < 1.29 is 19.8 Å². The number of nitrogens with zero attached hydrogens (tertiary/aromatic N) is 3. The number of aryl methyl sites for hydroxylation is 1. The van der Waals surface area contributed by atoms with E-state index in [0.29, 0.717) is 40.7 Å². The maximum absolute atomic E-state index is 12.8. The monoisotopic (exact) mass is 498 g/mol. The van der Waals surface area contributed by atoms with Crippen molar-refractivity contribution in [1.29, 1.82) is 0 Å². The summed E-state index contributed by atoms with van der Waals surface area (Å²) in [5.41, 5.74) is 3.55. The highest BCUT2D eigenvalue weighted by Crippen LogP contribution is 2.26. The van der Waals surface area contributed by atoms with Gasteiger partial charge >= 0.3 is 0 Å². The summed E-state index contributed by atoms with van der Waals surface area (Å²) >= 11 is 6.28. The number of rotatable bonds is 10. The van der Waals surface area contributed by atoms with E-state index in [-0.39, 0.29) is 24.7 Å². The van der Waals surface area contributed by atoms with E-state index in [1.165, 1.54) is 0 Å². The average Bonchev–Trinajstić information content (AvgIpc) is 3.21. The zero-order valence-electron chi connectivity index (χ0n) is 20.3. The Morgan fingerprint density at radius 1 is 1.23 bits per heavy atom. The van der Waals surface area contributed by atoms with Crippen LogP contribution in [0.2, 0.25) is 5.02 Å². The number of aliphatic hydroxyl groups is 1. The van der Waals surface area contributed by atoms with Gasteiger partial charge in [0.05, 0.1) is 16.8 Å². The Labute approximate surface area is 210 Å². The summed E-state index contributed by atoms with van der Waals surface area (Å²) in [6.45, 7) is 5.45. The minimum Gasteiger partial charge on any atom is -0.489 e. The molecule has 186 valence electrons. The average molecular weight is 499 g/mol. The molecule has 3 N–H and O–H groups in total. The van der Waals surface area contributed by atoms with Gasteiger partial charge in [0.1, 0.15) is 11.5 Å². The van der Waals surface area contributed by atoms with E-state index in [4.69, 9.17) is 21.5 Å². The second-order valence-corrected chi connectivity index (χ2v) is 9.05. The van der Waals surface area contributed by atoms with Gasteiger partial charge in [-0.05, 0) is 57.4 Å². The maximum atomic E-state index is 12.8. The third-order valence-corrected chi connectivity index (χ3v) is 5.75. The molecule has 1 amide bonds. The lowest BCUT2D eigenvalue weighted by Gasteiger charge is -2.19. The van der Waals surface area contributed by atoms with Crippen molar-refractivity contribution in [3.05, 3.63) is 70.6 Å². The number of oxime groups is 1. The van der Waals surface area contributed by atoms with E-state index < -0.39 is 0 Å². The number of imidazole rings is 1. The normalized spacial score (nSPS) is 12.6. The van der Waals surface area contributed by atoms with E-state index in [2.05, 4.69) is 15.5 Å². The van der Waals surface area contributed by atoms with Crippen molar-refractivity contribution in [2.75, 3.05) is 6.61 Å². The zero-order chi connectivity index (χ0) is 25.5. The molecule has 0 aliphatic rings. The first-order chi connectivity index (χ1) is 16.7. The zero-order valence-corrected chi connectivity index (χ0v) is 21.1. The number of carbonyl (C=O) groups excluding carboxylic acids is 1. The Kier molecular flexibility index (Phi) is 8.89. The lowest BCUT2D eigenvalue weighted by Crippen LogP contribution is -2.37. The van der Waals surface area contributed by atoms with Gasteiger partial charge < -0.3 is 24.9 Å². The number of ether oxygens (including phenoxy) is 1. The molecule has 0 saturated carbocycles. The number of hydrogen-bond donors (Lipinski definition) is 3. The first-order valence-electron chi connectivity index (χ1n) is 11.4. The molecule has 1 unspecified atom stereocenters.